The smallest absolute Gasteiger partial charge is 0.310 e. The molecule has 0 aliphatic carbocycles. The third-order valence-corrected chi connectivity index (χ3v) is 3.37. The lowest BCUT2D eigenvalue weighted by Crippen LogP contribution is -2.36. The lowest BCUT2D eigenvalue weighted by molar-refractivity contribution is -0.149. The molecule has 0 spiro atoms. The summed E-state index contributed by atoms with van der Waals surface area (Å²) < 4.78 is 5.30. The quantitative estimate of drug-likeness (QED) is 0.769. The Morgan fingerprint density at radius 3 is 2.37 bits per heavy atom. The van der Waals surface area contributed by atoms with E-state index in [9.17, 15) is 4.79 Å². The van der Waals surface area contributed by atoms with E-state index in [0.717, 1.165) is 5.56 Å². The van der Waals surface area contributed by atoms with Crippen molar-refractivity contribution in [1.29, 1.82) is 0 Å². The van der Waals surface area contributed by atoms with E-state index < -0.39 is 0 Å². The van der Waals surface area contributed by atoms with Crippen LogP contribution in [0.25, 0.3) is 0 Å². The summed E-state index contributed by atoms with van der Waals surface area (Å²) in [4.78, 5) is 11.8. The second-order valence-corrected chi connectivity index (χ2v) is 5.44. The molecule has 3 heteroatoms. The molecule has 0 aliphatic heterocycles. The highest BCUT2D eigenvalue weighted by Crippen LogP contribution is 2.06. The Hall–Kier alpha value is -1.35. The SMILES string of the molecule is CC(CNC(C)C(C)C)C(=O)OCc1ccccc1. The van der Waals surface area contributed by atoms with E-state index in [0.29, 0.717) is 25.1 Å². The molecule has 3 nitrogen and oxygen atoms in total. The van der Waals surface area contributed by atoms with Gasteiger partial charge in [-0.1, -0.05) is 51.1 Å². The first-order valence-corrected chi connectivity index (χ1v) is 6.94. The van der Waals surface area contributed by atoms with Crippen molar-refractivity contribution in [2.75, 3.05) is 6.54 Å². The van der Waals surface area contributed by atoms with Crippen LogP contribution in [0, 0.1) is 11.8 Å². The van der Waals surface area contributed by atoms with E-state index >= 15 is 0 Å². The fourth-order valence-electron chi connectivity index (χ4n) is 1.55. The highest BCUT2D eigenvalue weighted by Gasteiger charge is 2.16. The first kappa shape index (κ1) is 15.7. The molecule has 0 amide bonds. The van der Waals surface area contributed by atoms with Gasteiger partial charge in [0.2, 0.25) is 0 Å². The molecule has 0 radical (unpaired) electrons. The summed E-state index contributed by atoms with van der Waals surface area (Å²) in [6.07, 6.45) is 0. The minimum absolute atomic E-state index is 0.120. The molecular formula is C16H25NO2. The number of hydrogen-bond donors (Lipinski definition) is 1. The van der Waals surface area contributed by atoms with Crippen molar-refractivity contribution in [1.82, 2.24) is 5.32 Å². The van der Waals surface area contributed by atoms with Gasteiger partial charge in [0.1, 0.15) is 6.61 Å². The van der Waals surface area contributed by atoms with Gasteiger partial charge in [0.25, 0.3) is 0 Å². The highest BCUT2D eigenvalue weighted by molar-refractivity contribution is 5.72. The summed E-state index contributed by atoms with van der Waals surface area (Å²) in [5, 5.41) is 3.36. The van der Waals surface area contributed by atoms with Crippen LogP contribution < -0.4 is 5.32 Å². The molecule has 0 heterocycles. The largest absolute Gasteiger partial charge is 0.461 e. The van der Waals surface area contributed by atoms with Gasteiger partial charge >= 0.3 is 5.97 Å². The summed E-state index contributed by atoms with van der Waals surface area (Å²) in [6, 6.07) is 10.2. The van der Waals surface area contributed by atoms with Crippen molar-refractivity contribution in [3.8, 4) is 0 Å². The van der Waals surface area contributed by atoms with Gasteiger partial charge in [0.05, 0.1) is 5.92 Å². The Balaban J connectivity index is 2.29. The lowest BCUT2D eigenvalue weighted by Gasteiger charge is -2.19. The van der Waals surface area contributed by atoms with Crippen LogP contribution in [-0.4, -0.2) is 18.6 Å². The Kier molecular flexibility index (Phi) is 6.57. The fraction of sp³-hybridized carbons (Fsp3) is 0.562. The molecule has 106 valence electrons. The van der Waals surface area contributed by atoms with Crippen molar-refractivity contribution >= 4 is 5.97 Å². The molecule has 1 aromatic rings. The number of rotatable bonds is 7. The van der Waals surface area contributed by atoms with Crippen LogP contribution in [-0.2, 0) is 16.1 Å². The molecule has 0 saturated heterocycles. The maximum atomic E-state index is 11.8. The molecule has 0 aliphatic rings. The molecule has 2 unspecified atom stereocenters. The summed E-state index contributed by atoms with van der Waals surface area (Å²) in [6.45, 7) is 9.36. The maximum Gasteiger partial charge on any atom is 0.310 e. The number of carbonyl (C=O) groups excluding carboxylic acids is 1. The monoisotopic (exact) mass is 263 g/mol. The summed E-state index contributed by atoms with van der Waals surface area (Å²) >= 11 is 0. The predicted octanol–water partition coefficient (Wildman–Crippen LogP) is 3.00. The first-order valence-electron chi connectivity index (χ1n) is 6.94. The minimum Gasteiger partial charge on any atom is -0.461 e. The number of esters is 1. The average Bonchev–Trinajstić information content (AvgIpc) is 2.42. The fourth-order valence-corrected chi connectivity index (χ4v) is 1.55. The van der Waals surface area contributed by atoms with Crippen LogP contribution in [0.3, 0.4) is 0 Å². The molecule has 0 bridgehead atoms. The maximum absolute atomic E-state index is 11.8. The average molecular weight is 263 g/mol. The van der Waals surface area contributed by atoms with Crippen molar-refractivity contribution in [2.45, 2.75) is 40.3 Å². The molecule has 2 atom stereocenters. The number of carbonyl (C=O) groups is 1. The normalized spacial score (nSPS) is 14.2. The van der Waals surface area contributed by atoms with Crippen LogP contribution in [0.2, 0.25) is 0 Å². The standard InChI is InChI=1S/C16H25NO2/c1-12(2)14(4)17-10-13(3)16(18)19-11-15-8-6-5-7-9-15/h5-9,12-14,17H,10-11H2,1-4H3. The summed E-state index contributed by atoms with van der Waals surface area (Å²) in [7, 11) is 0. The third kappa shape index (κ3) is 5.88. The van der Waals surface area contributed by atoms with Gasteiger partial charge in [-0.25, -0.2) is 0 Å². The third-order valence-electron chi connectivity index (χ3n) is 3.37. The van der Waals surface area contributed by atoms with Crippen LogP contribution in [0.4, 0.5) is 0 Å². The van der Waals surface area contributed by atoms with Crippen LogP contribution >= 0.6 is 0 Å². The van der Waals surface area contributed by atoms with Crippen LogP contribution in [0.15, 0.2) is 30.3 Å². The van der Waals surface area contributed by atoms with E-state index in [1.54, 1.807) is 0 Å². The Morgan fingerprint density at radius 2 is 1.79 bits per heavy atom. The van der Waals surface area contributed by atoms with Crippen molar-refractivity contribution < 1.29 is 9.53 Å². The minimum atomic E-state index is -0.146. The van der Waals surface area contributed by atoms with Gasteiger partial charge in [0, 0.05) is 12.6 Å². The molecular weight excluding hydrogens is 238 g/mol. The molecule has 0 aromatic heterocycles. The summed E-state index contributed by atoms with van der Waals surface area (Å²) in [5.74, 6) is 0.296. The topological polar surface area (TPSA) is 38.3 Å². The number of benzene rings is 1. The van der Waals surface area contributed by atoms with E-state index in [1.807, 2.05) is 37.3 Å². The molecule has 19 heavy (non-hydrogen) atoms. The van der Waals surface area contributed by atoms with Gasteiger partial charge in [-0.05, 0) is 18.4 Å². The van der Waals surface area contributed by atoms with E-state index in [-0.39, 0.29) is 11.9 Å². The van der Waals surface area contributed by atoms with Gasteiger partial charge < -0.3 is 10.1 Å². The highest BCUT2D eigenvalue weighted by atomic mass is 16.5. The van der Waals surface area contributed by atoms with Gasteiger partial charge in [-0.2, -0.15) is 0 Å². The van der Waals surface area contributed by atoms with Crippen LogP contribution in [0.1, 0.15) is 33.3 Å². The molecule has 1 N–H and O–H groups in total. The van der Waals surface area contributed by atoms with E-state index in [4.69, 9.17) is 4.74 Å². The predicted molar refractivity (Wildman–Crippen MR) is 77.7 cm³/mol. The molecule has 0 fully saturated rings. The molecule has 1 aromatic carbocycles. The number of hydrogen-bond acceptors (Lipinski definition) is 3. The van der Waals surface area contributed by atoms with Crippen molar-refractivity contribution in [3.63, 3.8) is 0 Å². The van der Waals surface area contributed by atoms with Crippen molar-refractivity contribution in [3.05, 3.63) is 35.9 Å². The Labute approximate surface area is 116 Å². The zero-order valence-corrected chi connectivity index (χ0v) is 12.3. The molecule has 1 rings (SSSR count). The zero-order chi connectivity index (χ0) is 14.3. The van der Waals surface area contributed by atoms with Gasteiger partial charge in [-0.15, -0.1) is 0 Å². The zero-order valence-electron chi connectivity index (χ0n) is 12.3. The number of ether oxygens (including phenoxy) is 1. The van der Waals surface area contributed by atoms with E-state index in [1.165, 1.54) is 0 Å². The first-order chi connectivity index (χ1) is 9.00. The summed E-state index contributed by atoms with van der Waals surface area (Å²) in [5.41, 5.74) is 1.02. The van der Waals surface area contributed by atoms with Crippen molar-refractivity contribution in [2.24, 2.45) is 11.8 Å². The van der Waals surface area contributed by atoms with E-state index in [2.05, 4.69) is 26.1 Å². The second kappa shape index (κ2) is 7.95. The number of nitrogens with one attached hydrogen (secondary N) is 1. The van der Waals surface area contributed by atoms with Gasteiger partial charge in [0.15, 0.2) is 0 Å². The Bertz CT molecular complexity index is 376. The molecule has 0 saturated carbocycles. The van der Waals surface area contributed by atoms with Gasteiger partial charge in [-0.3, -0.25) is 4.79 Å². The van der Waals surface area contributed by atoms with Crippen LogP contribution in [0.5, 0.6) is 0 Å². The second-order valence-electron chi connectivity index (χ2n) is 5.44. The lowest BCUT2D eigenvalue weighted by atomic mass is 10.1. The Morgan fingerprint density at radius 1 is 1.16 bits per heavy atom.